The fraction of sp³-hybridized carbons (Fsp3) is 0.161. The van der Waals surface area contributed by atoms with Gasteiger partial charge < -0.3 is 4.74 Å². The normalized spacial score (nSPS) is 11.2. The second kappa shape index (κ2) is 11.4. The molecular weight excluding hydrogens is 444 g/mol. The van der Waals surface area contributed by atoms with Crippen LogP contribution in [-0.2, 0) is 0 Å². The van der Waals surface area contributed by atoms with Crippen molar-refractivity contribution in [2.24, 2.45) is 20.5 Å². The Hall–Kier alpha value is -4.38. The van der Waals surface area contributed by atoms with Crippen LogP contribution in [0, 0.1) is 13.8 Å². The summed E-state index contributed by atoms with van der Waals surface area (Å²) >= 11 is 0. The summed E-state index contributed by atoms with van der Waals surface area (Å²) in [6.45, 7) is 8.26. The molecule has 0 aliphatic rings. The molecule has 0 saturated carbocycles. The lowest BCUT2D eigenvalue weighted by atomic mass is 10.00. The van der Waals surface area contributed by atoms with Crippen LogP contribution in [0.4, 0.5) is 22.7 Å². The number of azo groups is 2. The van der Waals surface area contributed by atoms with E-state index in [1.165, 1.54) is 16.5 Å². The molecule has 5 nitrogen and oxygen atoms in total. The van der Waals surface area contributed by atoms with Gasteiger partial charge in [-0.3, -0.25) is 0 Å². The molecule has 0 amide bonds. The molecule has 0 saturated heterocycles. The van der Waals surface area contributed by atoms with Crippen molar-refractivity contribution < 1.29 is 4.74 Å². The Morgan fingerprint density at radius 2 is 1.00 bits per heavy atom. The molecule has 5 aromatic carbocycles. The summed E-state index contributed by atoms with van der Waals surface area (Å²) in [7, 11) is 1.64. The minimum Gasteiger partial charge on any atom is -0.497 e. The molecule has 5 rings (SSSR count). The van der Waals surface area contributed by atoms with Gasteiger partial charge in [0.05, 0.1) is 29.9 Å². The largest absolute Gasteiger partial charge is 0.497 e. The van der Waals surface area contributed by atoms with E-state index in [2.05, 4.69) is 58.6 Å². The molecule has 0 bridgehead atoms. The third kappa shape index (κ3) is 5.15. The maximum atomic E-state index is 5.20. The van der Waals surface area contributed by atoms with Gasteiger partial charge in [0, 0.05) is 16.2 Å². The third-order valence-electron chi connectivity index (χ3n) is 5.92. The number of hydrogen-bond donors (Lipinski definition) is 0. The zero-order valence-electron chi connectivity index (χ0n) is 21.4. The SMILES string of the molecule is CC.COc1ccc(N=Nc2ccc(N=Nc3ccc(C)c4c(C)cccc34)c3ccccc23)cc1. The van der Waals surface area contributed by atoms with Crippen LogP contribution in [0.3, 0.4) is 0 Å². The Morgan fingerprint density at radius 1 is 0.500 bits per heavy atom. The Bertz CT molecular complexity index is 1550. The molecule has 5 heteroatoms. The summed E-state index contributed by atoms with van der Waals surface area (Å²) in [5.74, 6) is 0.788. The van der Waals surface area contributed by atoms with Crippen LogP contribution in [0.2, 0.25) is 0 Å². The van der Waals surface area contributed by atoms with E-state index in [4.69, 9.17) is 4.74 Å². The average molecular weight is 475 g/mol. The van der Waals surface area contributed by atoms with Gasteiger partial charge in [0.1, 0.15) is 5.75 Å². The summed E-state index contributed by atoms with van der Waals surface area (Å²) in [6.07, 6.45) is 0. The third-order valence-corrected chi connectivity index (χ3v) is 5.92. The summed E-state index contributed by atoms with van der Waals surface area (Å²) in [4.78, 5) is 0. The summed E-state index contributed by atoms with van der Waals surface area (Å²) in [6, 6.07) is 29.8. The van der Waals surface area contributed by atoms with Crippen LogP contribution in [0.5, 0.6) is 5.75 Å². The molecule has 0 unspecified atom stereocenters. The van der Waals surface area contributed by atoms with Crippen molar-refractivity contribution in [3.8, 4) is 5.75 Å². The van der Waals surface area contributed by atoms with Crippen molar-refractivity contribution >= 4 is 44.3 Å². The minimum absolute atomic E-state index is 0.759. The number of hydrogen-bond acceptors (Lipinski definition) is 5. The van der Waals surface area contributed by atoms with E-state index in [0.717, 1.165) is 44.7 Å². The van der Waals surface area contributed by atoms with Crippen LogP contribution in [0.15, 0.2) is 111 Å². The number of fused-ring (bicyclic) bond motifs is 2. The summed E-state index contributed by atoms with van der Waals surface area (Å²) in [5.41, 5.74) is 5.67. The van der Waals surface area contributed by atoms with Gasteiger partial charge >= 0.3 is 0 Å². The van der Waals surface area contributed by atoms with Gasteiger partial charge in [-0.05, 0) is 72.8 Å². The van der Waals surface area contributed by atoms with Gasteiger partial charge in [0.15, 0.2) is 0 Å². The molecule has 0 atom stereocenters. The highest BCUT2D eigenvalue weighted by Gasteiger charge is 2.08. The van der Waals surface area contributed by atoms with Crippen molar-refractivity contribution in [1.29, 1.82) is 0 Å². The molecule has 0 aromatic heterocycles. The second-order valence-corrected chi connectivity index (χ2v) is 8.15. The first-order valence-corrected chi connectivity index (χ1v) is 12.1. The standard InChI is InChI=1S/C29H24N4O.C2H6/c1-19-7-6-10-25-28(16-11-20(2)29(19)25)33-32-27-18-17-26(23-8-4-5-9-24(23)27)31-30-21-12-14-22(34-3)15-13-21;1-2/h4-18H,1-3H3;1-2H3. The van der Waals surface area contributed by atoms with Crippen molar-refractivity contribution in [2.75, 3.05) is 7.11 Å². The predicted octanol–water partition coefficient (Wildman–Crippen LogP) is 10.5. The Morgan fingerprint density at radius 3 is 1.61 bits per heavy atom. The van der Waals surface area contributed by atoms with E-state index < -0.39 is 0 Å². The lowest BCUT2D eigenvalue weighted by molar-refractivity contribution is 0.415. The van der Waals surface area contributed by atoms with Crippen molar-refractivity contribution in [1.82, 2.24) is 0 Å². The average Bonchev–Trinajstić information content (AvgIpc) is 2.93. The molecule has 36 heavy (non-hydrogen) atoms. The molecule has 0 heterocycles. The Labute approximate surface area is 212 Å². The van der Waals surface area contributed by atoms with Gasteiger partial charge in [-0.2, -0.15) is 5.11 Å². The molecule has 0 radical (unpaired) electrons. The zero-order valence-corrected chi connectivity index (χ0v) is 21.4. The monoisotopic (exact) mass is 474 g/mol. The highest BCUT2D eigenvalue weighted by atomic mass is 16.5. The lowest BCUT2D eigenvalue weighted by Gasteiger charge is -2.08. The molecule has 5 aromatic rings. The zero-order chi connectivity index (χ0) is 25.5. The molecule has 180 valence electrons. The maximum Gasteiger partial charge on any atom is 0.119 e. The predicted molar refractivity (Wildman–Crippen MR) is 150 cm³/mol. The highest BCUT2D eigenvalue weighted by molar-refractivity contribution is 6.00. The van der Waals surface area contributed by atoms with Gasteiger partial charge in [-0.25, -0.2) is 0 Å². The molecule has 0 N–H and O–H groups in total. The first-order chi connectivity index (χ1) is 17.6. The maximum absolute atomic E-state index is 5.20. The van der Waals surface area contributed by atoms with E-state index in [1.54, 1.807) is 7.11 Å². The number of methoxy groups -OCH3 is 1. The van der Waals surface area contributed by atoms with E-state index in [-0.39, 0.29) is 0 Å². The second-order valence-electron chi connectivity index (χ2n) is 8.15. The van der Waals surface area contributed by atoms with Crippen LogP contribution in [0.25, 0.3) is 21.5 Å². The van der Waals surface area contributed by atoms with Crippen LogP contribution < -0.4 is 4.74 Å². The molecule has 0 aliphatic carbocycles. The van der Waals surface area contributed by atoms with Gasteiger partial charge in [0.2, 0.25) is 0 Å². The van der Waals surface area contributed by atoms with Gasteiger partial charge in [0.25, 0.3) is 0 Å². The summed E-state index contributed by atoms with van der Waals surface area (Å²) in [5, 5.41) is 22.4. The number of nitrogens with zero attached hydrogens (tertiary/aromatic N) is 4. The van der Waals surface area contributed by atoms with Crippen molar-refractivity contribution in [3.05, 3.63) is 102 Å². The van der Waals surface area contributed by atoms with Crippen LogP contribution in [-0.4, -0.2) is 7.11 Å². The van der Waals surface area contributed by atoms with E-state index in [9.17, 15) is 0 Å². The van der Waals surface area contributed by atoms with Crippen molar-refractivity contribution in [3.63, 3.8) is 0 Å². The highest BCUT2D eigenvalue weighted by Crippen LogP contribution is 2.37. The molecule has 0 fully saturated rings. The molecular formula is C31H30N4O. The van der Waals surface area contributed by atoms with Gasteiger partial charge in [-0.15, -0.1) is 15.3 Å². The minimum atomic E-state index is 0.759. The molecule has 0 aliphatic heterocycles. The number of rotatable bonds is 5. The van der Waals surface area contributed by atoms with E-state index in [1.807, 2.05) is 80.6 Å². The first kappa shape index (κ1) is 24.7. The van der Waals surface area contributed by atoms with E-state index in [0.29, 0.717) is 0 Å². The fourth-order valence-corrected chi connectivity index (χ4v) is 4.18. The van der Waals surface area contributed by atoms with Gasteiger partial charge in [-0.1, -0.05) is 62.4 Å². The number of benzene rings is 5. The topological polar surface area (TPSA) is 58.7 Å². The first-order valence-electron chi connectivity index (χ1n) is 12.1. The fourth-order valence-electron chi connectivity index (χ4n) is 4.18. The number of ether oxygens (including phenoxy) is 1. The van der Waals surface area contributed by atoms with Crippen molar-refractivity contribution in [2.45, 2.75) is 27.7 Å². The quantitative estimate of drug-likeness (QED) is 0.234. The van der Waals surface area contributed by atoms with E-state index >= 15 is 0 Å². The summed E-state index contributed by atoms with van der Waals surface area (Å²) < 4.78 is 5.20. The Balaban J connectivity index is 0.00000148. The molecule has 0 spiro atoms. The lowest BCUT2D eigenvalue weighted by Crippen LogP contribution is -1.83. The smallest absolute Gasteiger partial charge is 0.119 e. The number of aryl methyl sites for hydroxylation is 2. The van der Waals surface area contributed by atoms with Crippen LogP contribution in [0.1, 0.15) is 25.0 Å². The van der Waals surface area contributed by atoms with Crippen LogP contribution >= 0.6 is 0 Å². The Kier molecular flexibility index (Phi) is 7.81.